The molecule has 1 amide bonds. The van der Waals surface area contributed by atoms with Crippen molar-refractivity contribution < 1.29 is 9.59 Å². The Kier molecular flexibility index (Phi) is 7.03. The van der Waals surface area contributed by atoms with Gasteiger partial charge in [-0.05, 0) is 50.3 Å². The van der Waals surface area contributed by atoms with E-state index in [-0.39, 0.29) is 11.9 Å². The predicted octanol–water partition coefficient (Wildman–Crippen LogP) is 4.29. The quantitative estimate of drug-likeness (QED) is 0.735. The van der Waals surface area contributed by atoms with Crippen LogP contribution in [0.2, 0.25) is 0 Å². The third-order valence-corrected chi connectivity index (χ3v) is 4.28. The van der Waals surface area contributed by atoms with Gasteiger partial charge in [-0.2, -0.15) is 0 Å². The maximum atomic E-state index is 12.5. The minimum atomic E-state index is 0.192. The molecule has 1 aliphatic rings. The van der Waals surface area contributed by atoms with Crippen LogP contribution in [0.4, 0.5) is 0 Å². The molecule has 3 nitrogen and oxygen atoms in total. The lowest BCUT2D eigenvalue weighted by Crippen LogP contribution is -2.33. The molecule has 0 aliphatic carbocycles. The molecule has 0 radical (unpaired) electrons. The molecule has 0 N–H and O–H groups in total. The topological polar surface area (TPSA) is 37.4 Å². The minimum absolute atomic E-state index is 0.192. The Morgan fingerprint density at radius 1 is 1.32 bits per heavy atom. The van der Waals surface area contributed by atoms with Crippen molar-refractivity contribution in [2.75, 3.05) is 0 Å². The van der Waals surface area contributed by atoms with Gasteiger partial charge >= 0.3 is 0 Å². The fraction of sp³-hybridized carbons (Fsp3) is 0.474. The number of benzene rings is 1. The van der Waals surface area contributed by atoms with Crippen LogP contribution < -0.4 is 0 Å². The zero-order valence-electron chi connectivity index (χ0n) is 14.0. The summed E-state index contributed by atoms with van der Waals surface area (Å²) in [6.45, 7) is 13.3. The van der Waals surface area contributed by atoms with E-state index in [1.165, 1.54) is 16.7 Å². The van der Waals surface area contributed by atoms with Gasteiger partial charge in [0.15, 0.2) is 0 Å². The number of carbonyl (C=O) groups is 2. The summed E-state index contributed by atoms with van der Waals surface area (Å²) in [6.07, 6.45) is 4.28. The number of aryl methyl sites for hydroxylation is 1. The third kappa shape index (κ3) is 4.06. The number of hydrogen-bond donors (Lipinski definition) is 0. The zero-order chi connectivity index (χ0) is 16.7. The van der Waals surface area contributed by atoms with Crippen molar-refractivity contribution in [3.8, 4) is 0 Å². The van der Waals surface area contributed by atoms with Crippen LogP contribution in [0.1, 0.15) is 61.0 Å². The fourth-order valence-electron chi connectivity index (χ4n) is 2.91. The second-order valence-corrected chi connectivity index (χ2v) is 5.92. The zero-order valence-corrected chi connectivity index (χ0v) is 14.0. The molecule has 3 heteroatoms. The highest BCUT2D eigenvalue weighted by Gasteiger charge is 2.31. The van der Waals surface area contributed by atoms with Crippen LogP contribution in [-0.4, -0.2) is 23.6 Å². The van der Waals surface area contributed by atoms with Gasteiger partial charge in [0.2, 0.25) is 0 Å². The minimum Gasteiger partial charge on any atom is -0.332 e. The SMILES string of the molecule is C=C(CCC)CCC(C)N1Cc2c(C)cccc2C1=O.C=O. The van der Waals surface area contributed by atoms with Crippen LogP contribution in [0.25, 0.3) is 0 Å². The van der Waals surface area contributed by atoms with E-state index in [0.717, 1.165) is 37.8 Å². The Balaban J connectivity index is 0.00000116. The van der Waals surface area contributed by atoms with Gasteiger partial charge < -0.3 is 9.69 Å². The first kappa shape index (κ1) is 18.1. The van der Waals surface area contributed by atoms with Crippen molar-refractivity contribution in [3.63, 3.8) is 0 Å². The van der Waals surface area contributed by atoms with E-state index in [0.29, 0.717) is 0 Å². The highest BCUT2D eigenvalue weighted by atomic mass is 16.2. The third-order valence-electron chi connectivity index (χ3n) is 4.28. The maximum Gasteiger partial charge on any atom is 0.254 e. The number of allylic oxidation sites excluding steroid dienone is 1. The second-order valence-electron chi connectivity index (χ2n) is 5.92. The molecule has 0 saturated heterocycles. The smallest absolute Gasteiger partial charge is 0.254 e. The molecule has 1 atom stereocenters. The summed E-state index contributed by atoms with van der Waals surface area (Å²) in [7, 11) is 0. The number of fused-ring (bicyclic) bond motifs is 1. The van der Waals surface area contributed by atoms with Crippen LogP contribution in [0.15, 0.2) is 30.4 Å². The molecule has 0 fully saturated rings. The number of carbonyl (C=O) groups excluding carboxylic acids is 2. The highest BCUT2D eigenvalue weighted by molar-refractivity contribution is 5.98. The molecule has 120 valence electrons. The summed E-state index contributed by atoms with van der Waals surface area (Å²) in [4.78, 5) is 22.5. The lowest BCUT2D eigenvalue weighted by atomic mass is 10.0. The van der Waals surface area contributed by atoms with Crippen molar-refractivity contribution in [2.45, 2.75) is 59.0 Å². The maximum absolute atomic E-state index is 12.5. The Hall–Kier alpha value is -1.90. The fourth-order valence-corrected chi connectivity index (χ4v) is 2.91. The summed E-state index contributed by atoms with van der Waals surface area (Å²) in [5.41, 5.74) is 4.63. The van der Waals surface area contributed by atoms with Gasteiger partial charge in [-0.25, -0.2) is 0 Å². The van der Waals surface area contributed by atoms with Gasteiger partial charge in [0.1, 0.15) is 6.79 Å². The lowest BCUT2D eigenvalue weighted by molar-refractivity contribution is -0.0980. The Bertz CT molecular complexity index is 536. The Morgan fingerprint density at radius 2 is 2.00 bits per heavy atom. The molecule has 1 heterocycles. The van der Waals surface area contributed by atoms with Crippen molar-refractivity contribution >= 4 is 12.7 Å². The highest BCUT2D eigenvalue weighted by Crippen LogP contribution is 2.28. The normalized spacial score (nSPS) is 14.1. The molecule has 1 unspecified atom stereocenters. The number of hydrogen-bond acceptors (Lipinski definition) is 2. The van der Waals surface area contributed by atoms with E-state index in [9.17, 15) is 4.79 Å². The molecule has 1 aliphatic heterocycles. The van der Waals surface area contributed by atoms with Crippen molar-refractivity contribution in [3.05, 3.63) is 47.0 Å². The predicted molar refractivity (Wildman–Crippen MR) is 90.9 cm³/mol. The molecule has 0 saturated carbocycles. The standard InChI is InChI=1S/C18H25NO.CH2O/c1-5-7-13(2)10-11-15(4)19-12-17-14(3)8-6-9-16(17)18(19)20;1-2/h6,8-9,15H,2,5,7,10-12H2,1,3-4H3;1H2. The number of rotatable bonds is 6. The van der Waals surface area contributed by atoms with Crippen molar-refractivity contribution in [2.24, 2.45) is 0 Å². The summed E-state index contributed by atoms with van der Waals surface area (Å²) >= 11 is 0. The van der Waals surface area contributed by atoms with Crippen LogP contribution in [-0.2, 0) is 11.3 Å². The first-order valence-electron chi connectivity index (χ1n) is 7.89. The molecule has 1 aromatic rings. The molecular formula is C19H27NO2. The molecule has 22 heavy (non-hydrogen) atoms. The van der Waals surface area contributed by atoms with E-state index >= 15 is 0 Å². The first-order chi connectivity index (χ1) is 10.5. The Labute approximate surface area is 134 Å². The van der Waals surface area contributed by atoms with Crippen molar-refractivity contribution in [1.29, 1.82) is 0 Å². The van der Waals surface area contributed by atoms with Crippen molar-refractivity contribution in [1.82, 2.24) is 4.90 Å². The second kappa shape index (κ2) is 8.52. The molecule has 0 spiro atoms. The monoisotopic (exact) mass is 301 g/mol. The van der Waals surface area contributed by atoms with E-state index in [2.05, 4.69) is 33.4 Å². The van der Waals surface area contributed by atoms with Crippen LogP contribution in [0.3, 0.4) is 0 Å². The summed E-state index contributed by atoms with van der Waals surface area (Å²) < 4.78 is 0. The summed E-state index contributed by atoms with van der Waals surface area (Å²) in [5, 5.41) is 0. The number of amides is 1. The molecule has 0 aromatic heterocycles. The van der Waals surface area contributed by atoms with E-state index in [1.807, 2.05) is 23.8 Å². The lowest BCUT2D eigenvalue weighted by Gasteiger charge is -2.24. The largest absolute Gasteiger partial charge is 0.332 e. The molecule has 2 rings (SSSR count). The van der Waals surface area contributed by atoms with Gasteiger partial charge in [-0.1, -0.05) is 37.6 Å². The molecule has 0 bridgehead atoms. The van der Waals surface area contributed by atoms with E-state index < -0.39 is 0 Å². The summed E-state index contributed by atoms with van der Waals surface area (Å²) in [6, 6.07) is 6.29. The molecular weight excluding hydrogens is 274 g/mol. The first-order valence-corrected chi connectivity index (χ1v) is 7.89. The van der Waals surface area contributed by atoms with Gasteiger partial charge in [0, 0.05) is 18.2 Å². The van der Waals surface area contributed by atoms with E-state index in [4.69, 9.17) is 4.79 Å². The molecule has 1 aromatic carbocycles. The van der Waals surface area contributed by atoms with Gasteiger partial charge in [-0.15, -0.1) is 0 Å². The summed E-state index contributed by atoms with van der Waals surface area (Å²) in [5.74, 6) is 0.192. The van der Waals surface area contributed by atoms with E-state index in [1.54, 1.807) is 0 Å². The average molecular weight is 301 g/mol. The van der Waals surface area contributed by atoms with Crippen LogP contribution in [0, 0.1) is 6.92 Å². The van der Waals surface area contributed by atoms with Crippen LogP contribution in [0.5, 0.6) is 0 Å². The van der Waals surface area contributed by atoms with Gasteiger partial charge in [0.05, 0.1) is 0 Å². The number of nitrogens with zero attached hydrogens (tertiary/aromatic N) is 1. The van der Waals surface area contributed by atoms with Gasteiger partial charge in [-0.3, -0.25) is 4.79 Å². The van der Waals surface area contributed by atoms with Crippen LogP contribution >= 0.6 is 0 Å². The van der Waals surface area contributed by atoms with Gasteiger partial charge in [0.25, 0.3) is 5.91 Å². The average Bonchev–Trinajstić information content (AvgIpc) is 2.86. The Morgan fingerprint density at radius 3 is 2.59 bits per heavy atom.